The molecule has 20 heavy (non-hydrogen) atoms. The van der Waals surface area contributed by atoms with Crippen molar-refractivity contribution >= 4 is 5.78 Å². The average molecular weight is 267 g/mol. The Balaban J connectivity index is 2.40. The van der Waals surface area contributed by atoms with E-state index in [0.29, 0.717) is 5.56 Å². The number of aryl methyl sites for hydroxylation is 2. The Bertz CT molecular complexity index is 700. The zero-order valence-electron chi connectivity index (χ0n) is 11.4. The molecule has 2 aromatic carbocycles. The number of Topliss-reactive ketones (excluding diaryl/α,β-unsaturated/α-hetero) is 1. The molecule has 2 rings (SSSR count). The van der Waals surface area contributed by atoms with E-state index in [1.165, 1.54) is 18.2 Å². The van der Waals surface area contributed by atoms with Gasteiger partial charge in [-0.1, -0.05) is 30.3 Å². The van der Waals surface area contributed by atoms with Crippen LogP contribution in [-0.4, -0.2) is 5.78 Å². The molecule has 0 heterocycles. The highest BCUT2D eigenvalue weighted by atomic mass is 19.1. The van der Waals surface area contributed by atoms with E-state index in [1.54, 1.807) is 6.07 Å². The fourth-order valence-electron chi connectivity index (χ4n) is 2.04. The molecule has 100 valence electrons. The maximum atomic E-state index is 13.2. The van der Waals surface area contributed by atoms with Crippen molar-refractivity contribution in [2.75, 3.05) is 0 Å². The summed E-state index contributed by atoms with van der Waals surface area (Å²) in [7, 11) is 0. The lowest BCUT2D eigenvalue weighted by atomic mass is 9.90. The van der Waals surface area contributed by atoms with Crippen LogP contribution in [-0.2, 0) is 0 Å². The minimum atomic E-state index is -0.906. The first-order valence-corrected chi connectivity index (χ1v) is 6.29. The Morgan fingerprint density at radius 1 is 1.15 bits per heavy atom. The molecule has 0 N–H and O–H groups in total. The average Bonchev–Trinajstić information content (AvgIpc) is 2.43. The SMILES string of the molecule is Cc1ccc(C(C#N)C(=O)c2cccc(F)c2)cc1C. The predicted octanol–water partition coefficient (Wildman–Crippen LogP) is 3.93. The summed E-state index contributed by atoms with van der Waals surface area (Å²) in [6.07, 6.45) is 0. The number of carbonyl (C=O) groups is 1. The Hall–Kier alpha value is -2.47. The van der Waals surface area contributed by atoms with E-state index in [9.17, 15) is 14.4 Å². The number of benzene rings is 2. The summed E-state index contributed by atoms with van der Waals surface area (Å²) >= 11 is 0. The highest BCUT2D eigenvalue weighted by Gasteiger charge is 2.22. The molecule has 0 aliphatic heterocycles. The molecule has 0 aromatic heterocycles. The van der Waals surface area contributed by atoms with Crippen molar-refractivity contribution in [2.24, 2.45) is 0 Å². The quantitative estimate of drug-likeness (QED) is 0.790. The van der Waals surface area contributed by atoms with Crippen molar-refractivity contribution in [1.29, 1.82) is 5.26 Å². The molecule has 0 radical (unpaired) electrons. The maximum absolute atomic E-state index is 13.2. The van der Waals surface area contributed by atoms with Crippen LogP contribution in [0.1, 0.15) is 33.0 Å². The van der Waals surface area contributed by atoms with Crippen molar-refractivity contribution in [3.63, 3.8) is 0 Å². The van der Waals surface area contributed by atoms with Crippen molar-refractivity contribution < 1.29 is 9.18 Å². The summed E-state index contributed by atoms with van der Waals surface area (Å²) in [6.45, 7) is 3.90. The standard InChI is InChI=1S/C17H14FNO/c1-11-6-7-13(8-12(11)2)16(10-19)17(20)14-4-3-5-15(18)9-14/h3-9,16H,1-2H3. The lowest BCUT2D eigenvalue weighted by Gasteiger charge is -2.11. The minimum absolute atomic E-state index is 0.217. The highest BCUT2D eigenvalue weighted by Crippen LogP contribution is 2.23. The first-order valence-electron chi connectivity index (χ1n) is 6.29. The van der Waals surface area contributed by atoms with E-state index < -0.39 is 11.7 Å². The van der Waals surface area contributed by atoms with Gasteiger partial charge in [-0.15, -0.1) is 0 Å². The summed E-state index contributed by atoms with van der Waals surface area (Å²) in [6, 6.07) is 12.9. The van der Waals surface area contributed by atoms with Crippen LogP contribution in [0.3, 0.4) is 0 Å². The van der Waals surface area contributed by atoms with Crippen LogP contribution in [0.15, 0.2) is 42.5 Å². The van der Waals surface area contributed by atoms with Gasteiger partial charge in [0.25, 0.3) is 0 Å². The number of ketones is 1. The van der Waals surface area contributed by atoms with Gasteiger partial charge < -0.3 is 0 Å². The molecule has 0 bridgehead atoms. The number of hydrogen-bond acceptors (Lipinski definition) is 2. The van der Waals surface area contributed by atoms with Crippen molar-refractivity contribution in [2.45, 2.75) is 19.8 Å². The van der Waals surface area contributed by atoms with E-state index >= 15 is 0 Å². The fourth-order valence-corrected chi connectivity index (χ4v) is 2.04. The van der Waals surface area contributed by atoms with Gasteiger partial charge in [0.2, 0.25) is 0 Å². The monoisotopic (exact) mass is 267 g/mol. The van der Waals surface area contributed by atoms with E-state index in [1.807, 2.05) is 32.0 Å². The molecule has 0 spiro atoms. The molecule has 1 unspecified atom stereocenters. The van der Waals surface area contributed by atoms with Crippen LogP contribution < -0.4 is 0 Å². The lowest BCUT2D eigenvalue weighted by molar-refractivity contribution is 0.0978. The molecule has 0 saturated heterocycles. The van der Waals surface area contributed by atoms with Crippen LogP contribution in [0.2, 0.25) is 0 Å². The van der Waals surface area contributed by atoms with Gasteiger partial charge in [0.05, 0.1) is 6.07 Å². The van der Waals surface area contributed by atoms with Crippen LogP contribution in [0, 0.1) is 31.0 Å². The highest BCUT2D eigenvalue weighted by molar-refractivity contribution is 6.02. The zero-order chi connectivity index (χ0) is 14.7. The van der Waals surface area contributed by atoms with Gasteiger partial charge in [0, 0.05) is 5.56 Å². The molecule has 0 amide bonds. The molecule has 3 heteroatoms. The van der Waals surface area contributed by atoms with Gasteiger partial charge in [0.15, 0.2) is 5.78 Å². The summed E-state index contributed by atoms with van der Waals surface area (Å²) in [5.74, 6) is -1.76. The molecule has 2 aromatic rings. The Morgan fingerprint density at radius 3 is 2.50 bits per heavy atom. The predicted molar refractivity (Wildman–Crippen MR) is 75.0 cm³/mol. The number of hydrogen-bond donors (Lipinski definition) is 0. The van der Waals surface area contributed by atoms with Gasteiger partial charge in [-0.25, -0.2) is 4.39 Å². The maximum Gasteiger partial charge on any atom is 0.184 e. The largest absolute Gasteiger partial charge is 0.292 e. The molecule has 0 aliphatic rings. The molecular formula is C17H14FNO. The summed E-state index contributed by atoms with van der Waals surface area (Å²) < 4.78 is 13.2. The van der Waals surface area contributed by atoms with Gasteiger partial charge in [-0.3, -0.25) is 4.79 Å². The van der Waals surface area contributed by atoms with Crippen molar-refractivity contribution in [3.05, 3.63) is 70.5 Å². The van der Waals surface area contributed by atoms with Gasteiger partial charge in [0.1, 0.15) is 11.7 Å². The molecule has 0 saturated carbocycles. The Labute approximate surface area is 117 Å². The van der Waals surface area contributed by atoms with E-state index in [2.05, 4.69) is 0 Å². The van der Waals surface area contributed by atoms with Crippen LogP contribution in [0.25, 0.3) is 0 Å². The number of rotatable bonds is 3. The van der Waals surface area contributed by atoms with Crippen LogP contribution in [0.5, 0.6) is 0 Å². The topological polar surface area (TPSA) is 40.9 Å². The third-order valence-electron chi connectivity index (χ3n) is 3.36. The van der Waals surface area contributed by atoms with Crippen molar-refractivity contribution in [1.82, 2.24) is 0 Å². The van der Waals surface area contributed by atoms with Crippen LogP contribution >= 0.6 is 0 Å². The van der Waals surface area contributed by atoms with Crippen molar-refractivity contribution in [3.8, 4) is 6.07 Å². The normalized spacial score (nSPS) is 11.7. The zero-order valence-corrected chi connectivity index (χ0v) is 11.4. The number of carbonyl (C=O) groups excluding carboxylic acids is 1. The smallest absolute Gasteiger partial charge is 0.184 e. The second-order valence-electron chi connectivity index (χ2n) is 4.78. The van der Waals surface area contributed by atoms with E-state index in [4.69, 9.17) is 0 Å². The summed E-state index contributed by atoms with van der Waals surface area (Å²) in [4.78, 5) is 12.3. The first-order chi connectivity index (χ1) is 9.52. The molecule has 1 atom stereocenters. The third-order valence-corrected chi connectivity index (χ3v) is 3.36. The second kappa shape index (κ2) is 5.66. The number of nitrogens with zero attached hydrogens (tertiary/aromatic N) is 1. The summed E-state index contributed by atoms with van der Waals surface area (Å²) in [5.41, 5.74) is 2.98. The fraction of sp³-hybridized carbons (Fsp3) is 0.176. The lowest BCUT2D eigenvalue weighted by Crippen LogP contribution is -2.11. The van der Waals surface area contributed by atoms with E-state index in [0.717, 1.165) is 17.2 Å². The molecule has 2 nitrogen and oxygen atoms in total. The van der Waals surface area contributed by atoms with Gasteiger partial charge in [-0.2, -0.15) is 5.26 Å². The third kappa shape index (κ3) is 2.75. The number of nitriles is 1. The first kappa shape index (κ1) is 14.0. The van der Waals surface area contributed by atoms with Gasteiger partial charge >= 0.3 is 0 Å². The molecule has 0 fully saturated rings. The molecule has 0 aliphatic carbocycles. The van der Waals surface area contributed by atoms with Gasteiger partial charge in [-0.05, 0) is 42.7 Å². The second-order valence-corrected chi connectivity index (χ2v) is 4.78. The molecular weight excluding hydrogens is 253 g/mol. The Kier molecular flexibility index (Phi) is 3.95. The van der Waals surface area contributed by atoms with E-state index in [-0.39, 0.29) is 11.3 Å². The number of halogens is 1. The Morgan fingerprint density at radius 2 is 1.90 bits per heavy atom. The van der Waals surface area contributed by atoms with Crippen LogP contribution in [0.4, 0.5) is 4.39 Å². The summed E-state index contributed by atoms with van der Waals surface area (Å²) in [5, 5.41) is 9.28. The minimum Gasteiger partial charge on any atom is -0.292 e.